The van der Waals surface area contributed by atoms with Crippen molar-refractivity contribution >= 4 is 17.5 Å². The Morgan fingerprint density at radius 1 is 1.23 bits per heavy atom. The fourth-order valence-electron chi connectivity index (χ4n) is 8.64. The lowest BCUT2D eigenvalue weighted by Crippen LogP contribution is -2.66. The van der Waals surface area contributed by atoms with E-state index < -0.39 is 59.5 Å². The second-order valence-corrected chi connectivity index (χ2v) is 12.7. The highest BCUT2D eigenvalue weighted by Gasteiger charge is 2.70. The first kappa shape index (κ1) is 27.5. The third-order valence-electron chi connectivity index (χ3n) is 10.7. The predicted molar refractivity (Wildman–Crippen MR) is 142 cm³/mol. The van der Waals surface area contributed by atoms with Crippen LogP contribution >= 0.6 is 0 Å². The minimum Gasteiger partial charge on any atom is -0.454 e. The molecule has 9 atom stereocenters. The maximum atomic E-state index is 17.2. The van der Waals surface area contributed by atoms with Crippen molar-refractivity contribution in [3.8, 4) is 0 Å². The summed E-state index contributed by atoms with van der Waals surface area (Å²) in [7, 11) is 0. The van der Waals surface area contributed by atoms with Crippen LogP contribution < -0.4 is 0 Å². The fourth-order valence-corrected chi connectivity index (χ4v) is 8.64. The molecule has 0 radical (unpaired) electrons. The van der Waals surface area contributed by atoms with Crippen LogP contribution in [0.5, 0.6) is 0 Å². The molecule has 6 rings (SSSR count). The van der Waals surface area contributed by atoms with E-state index in [9.17, 15) is 19.5 Å². The molecule has 6 aliphatic rings. The highest BCUT2D eigenvalue weighted by molar-refractivity contribution is 6.01. The average Bonchev–Trinajstić information content (AvgIpc) is 3.48. The van der Waals surface area contributed by atoms with Gasteiger partial charge in [0.25, 0.3) is 0 Å². The van der Waals surface area contributed by atoms with E-state index in [0.717, 1.165) is 12.0 Å². The number of fused-ring (bicyclic) bond motifs is 6. The molecule has 0 aromatic heterocycles. The van der Waals surface area contributed by atoms with Crippen molar-refractivity contribution in [2.45, 2.75) is 90.0 Å². The van der Waals surface area contributed by atoms with Crippen LogP contribution in [0.1, 0.15) is 65.7 Å². The van der Waals surface area contributed by atoms with Gasteiger partial charge in [-0.05, 0) is 74.7 Å². The SMILES string of the molecule is CCCC1OC2C(C(=O)OCC(=O)[C@@H]3CC[C@H]4[C@@H]5CCC6=CC(=O)C=C[C@]6(C)C5(F)[C@@H](O)C[C@]34C)=CC=CN2O1. The van der Waals surface area contributed by atoms with Gasteiger partial charge in [-0.1, -0.05) is 31.9 Å². The molecule has 2 aliphatic heterocycles. The van der Waals surface area contributed by atoms with E-state index in [1.165, 1.54) is 17.2 Å². The Bertz CT molecular complexity index is 1240. The first-order valence-corrected chi connectivity index (χ1v) is 14.5. The lowest BCUT2D eigenvalue weighted by atomic mass is 9.45. The highest BCUT2D eigenvalue weighted by atomic mass is 19.1. The lowest BCUT2D eigenvalue weighted by molar-refractivity contribution is -0.196. The second-order valence-electron chi connectivity index (χ2n) is 12.7. The largest absolute Gasteiger partial charge is 0.454 e. The topological polar surface area (TPSA) is 102 Å². The molecule has 2 heterocycles. The number of esters is 1. The standard InChI is InChI=1S/C31H38FNO7/c1-4-6-26-39-27-20(7-5-14-33(27)40-26)28(37)38-17-24(35)23-11-10-21-22-9-8-18-15-19(34)12-13-30(18,3)31(22,32)25(36)16-29(21,23)2/h5,7,12-15,21-23,25-27,36H,4,6,8-11,16-17H2,1-3H3/t21-,22-,23-,25-,26?,27?,29-,30-,31?/m0/s1. The van der Waals surface area contributed by atoms with Crippen LogP contribution in [0.4, 0.5) is 4.39 Å². The van der Waals surface area contributed by atoms with Gasteiger partial charge in [0.1, 0.15) is 0 Å². The molecule has 1 N–H and O–H groups in total. The van der Waals surface area contributed by atoms with E-state index in [-0.39, 0.29) is 29.5 Å². The van der Waals surface area contributed by atoms with Crippen LogP contribution in [0, 0.1) is 28.6 Å². The molecule has 0 amide bonds. The number of ether oxygens (including phenoxy) is 2. The van der Waals surface area contributed by atoms with Gasteiger partial charge in [0.2, 0.25) is 0 Å². The van der Waals surface area contributed by atoms with Crippen LogP contribution in [0.3, 0.4) is 0 Å². The molecule has 4 fully saturated rings. The Kier molecular flexibility index (Phi) is 6.71. The molecule has 1 saturated heterocycles. The summed E-state index contributed by atoms with van der Waals surface area (Å²) < 4.78 is 28.6. The number of Topliss-reactive ketones (excluding diaryl/α,β-unsaturated/α-hetero) is 1. The number of carbonyl (C=O) groups excluding carboxylic acids is 3. The minimum atomic E-state index is -1.92. The van der Waals surface area contributed by atoms with E-state index >= 15 is 4.39 Å². The van der Waals surface area contributed by atoms with E-state index in [0.29, 0.717) is 32.1 Å². The van der Waals surface area contributed by atoms with Crippen molar-refractivity contribution < 1.29 is 38.2 Å². The molecule has 3 saturated carbocycles. The van der Waals surface area contributed by atoms with Gasteiger partial charge >= 0.3 is 5.97 Å². The molecule has 0 spiro atoms. The fraction of sp³-hybridized carbons (Fsp3) is 0.645. The number of hydrogen-bond donors (Lipinski definition) is 1. The molecule has 0 bridgehead atoms. The quantitative estimate of drug-likeness (QED) is 0.486. The number of ketones is 2. The van der Waals surface area contributed by atoms with Crippen LogP contribution in [0.15, 0.2) is 47.7 Å². The van der Waals surface area contributed by atoms with Gasteiger partial charge in [0.15, 0.2) is 36.4 Å². The average molecular weight is 556 g/mol. The summed E-state index contributed by atoms with van der Waals surface area (Å²) in [5.41, 5.74) is -2.59. The molecule has 40 heavy (non-hydrogen) atoms. The first-order chi connectivity index (χ1) is 19.0. The van der Waals surface area contributed by atoms with Gasteiger partial charge in [-0.3, -0.25) is 9.59 Å². The maximum Gasteiger partial charge on any atom is 0.339 e. The maximum absolute atomic E-state index is 17.2. The monoisotopic (exact) mass is 555 g/mol. The molecule has 216 valence electrons. The zero-order valence-electron chi connectivity index (χ0n) is 23.3. The third-order valence-corrected chi connectivity index (χ3v) is 10.7. The Hall–Kier alpha value is -2.62. The summed E-state index contributed by atoms with van der Waals surface area (Å²) in [5, 5.41) is 12.9. The number of hydrogen-bond acceptors (Lipinski definition) is 8. The van der Waals surface area contributed by atoms with Crippen molar-refractivity contribution in [2.24, 2.45) is 28.6 Å². The van der Waals surface area contributed by atoms with Gasteiger partial charge in [-0.2, -0.15) is 0 Å². The number of rotatable bonds is 6. The number of aliphatic hydroxyl groups excluding tert-OH is 1. The number of allylic oxidation sites excluding steroid dienone is 6. The number of aliphatic hydroxyl groups is 1. The van der Waals surface area contributed by atoms with Gasteiger partial charge in [-0.25, -0.2) is 19.1 Å². The summed E-state index contributed by atoms with van der Waals surface area (Å²) in [6.07, 6.45) is 11.1. The zero-order chi connectivity index (χ0) is 28.4. The van der Waals surface area contributed by atoms with Crippen molar-refractivity contribution in [3.63, 3.8) is 0 Å². The zero-order valence-corrected chi connectivity index (χ0v) is 23.3. The predicted octanol–water partition coefficient (Wildman–Crippen LogP) is 4.26. The summed E-state index contributed by atoms with van der Waals surface area (Å²) in [4.78, 5) is 44.2. The van der Waals surface area contributed by atoms with Gasteiger partial charge < -0.3 is 14.6 Å². The summed E-state index contributed by atoms with van der Waals surface area (Å²) in [6, 6.07) is 0. The molecular weight excluding hydrogens is 517 g/mol. The molecule has 3 unspecified atom stereocenters. The number of alkyl halides is 1. The summed E-state index contributed by atoms with van der Waals surface area (Å²) in [5.74, 6) is -1.99. The number of halogens is 1. The van der Waals surface area contributed by atoms with Crippen LogP contribution in [0.25, 0.3) is 0 Å². The van der Waals surface area contributed by atoms with Crippen LogP contribution in [-0.2, 0) is 28.7 Å². The van der Waals surface area contributed by atoms with E-state index in [2.05, 4.69) is 0 Å². The first-order valence-electron chi connectivity index (χ1n) is 14.5. The number of carbonyl (C=O) groups is 3. The minimum absolute atomic E-state index is 0.103. The highest BCUT2D eigenvalue weighted by Crippen LogP contribution is 2.68. The Labute approximate surface area is 233 Å². The van der Waals surface area contributed by atoms with Crippen molar-refractivity contribution in [2.75, 3.05) is 6.61 Å². The normalized spacial score (nSPS) is 43.3. The van der Waals surface area contributed by atoms with E-state index in [4.69, 9.17) is 14.3 Å². The van der Waals surface area contributed by atoms with Crippen LogP contribution in [-0.4, -0.2) is 58.6 Å². The molecule has 0 aromatic rings. The smallest absolute Gasteiger partial charge is 0.339 e. The van der Waals surface area contributed by atoms with Gasteiger partial charge in [-0.15, -0.1) is 0 Å². The molecule has 8 nitrogen and oxygen atoms in total. The molecule has 0 aromatic carbocycles. The molecule has 9 heteroatoms. The Morgan fingerprint density at radius 2 is 2.02 bits per heavy atom. The Morgan fingerprint density at radius 3 is 2.80 bits per heavy atom. The molecule has 4 aliphatic carbocycles. The summed E-state index contributed by atoms with van der Waals surface area (Å²) >= 11 is 0. The van der Waals surface area contributed by atoms with Crippen molar-refractivity contribution in [1.82, 2.24) is 5.06 Å². The lowest BCUT2D eigenvalue weighted by Gasteiger charge is -2.62. The number of nitrogens with zero attached hydrogens (tertiary/aromatic N) is 1. The van der Waals surface area contributed by atoms with Gasteiger partial charge in [0, 0.05) is 29.9 Å². The number of hydroxylamine groups is 2. The van der Waals surface area contributed by atoms with E-state index in [1.807, 2.05) is 13.8 Å². The van der Waals surface area contributed by atoms with Gasteiger partial charge in [0.05, 0.1) is 11.7 Å². The van der Waals surface area contributed by atoms with Crippen LogP contribution in [0.2, 0.25) is 0 Å². The Balaban J connectivity index is 1.15. The van der Waals surface area contributed by atoms with Crippen molar-refractivity contribution in [3.05, 3.63) is 47.7 Å². The summed E-state index contributed by atoms with van der Waals surface area (Å²) in [6.45, 7) is 5.39. The van der Waals surface area contributed by atoms with Crippen molar-refractivity contribution in [1.29, 1.82) is 0 Å². The molecular formula is C31H38FNO7. The van der Waals surface area contributed by atoms with E-state index in [1.54, 1.807) is 31.4 Å². The second kappa shape index (κ2) is 9.74. The third kappa shape index (κ3) is 3.91.